The molecule has 0 aliphatic carbocycles. The van der Waals surface area contributed by atoms with E-state index in [0.717, 1.165) is 11.3 Å². The first-order chi connectivity index (χ1) is 10.3. The Morgan fingerprint density at radius 2 is 2.00 bits per heavy atom. The number of nitrogens with zero attached hydrogens (tertiary/aromatic N) is 2. The Bertz CT molecular complexity index is 676. The van der Waals surface area contributed by atoms with Crippen LogP contribution in [0.3, 0.4) is 0 Å². The summed E-state index contributed by atoms with van der Waals surface area (Å²) in [6.07, 6.45) is 1.16. The number of amides is 1. The maximum absolute atomic E-state index is 12.6. The minimum Gasteiger partial charge on any atom is -0.485 e. The van der Waals surface area contributed by atoms with Crippen LogP contribution >= 0.6 is 0 Å². The lowest BCUT2D eigenvalue weighted by atomic mass is 10.2. The normalized spacial score (nSPS) is 19.2. The molecule has 5 heteroatoms. The van der Waals surface area contributed by atoms with E-state index < -0.39 is 6.10 Å². The van der Waals surface area contributed by atoms with Gasteiger partial charge < -0.3 is 14.4 Å². The van der Waals surface area contributed by atoms with Crippen LogP contribution in [0.2, 0.25) is 0 Å². The molecule has 5 nitrogen and oxygen atoms in total. The first-order valence-corrected chi connectivity index (χ1v) is 6.91. The van der Waals surface area contributed by atoms with E-state index in [2.05, 4.69) is 4.98 Å². The highest BCUT2D eigenvalue weighted by Gasteiger charge is 2.34. The Hall–Kier alpha value is -2.56. The van der Waals surface area contributed by atoms with Gasteiger partial charge in [0.2, 0.25) is 6.10 Å². The van der Waals surface area contributed by atoms with Crippen molar-refractivity contribution in [3.05, 3.63) is 53.9 Å². The highest BCUT2D eigenvalue weighted by Crippen LogP contribution is 2.32. The fourth-order valence-electron chi connectivity index (χ4n) is 2.70. The van der Waals surface area contributed by atoms with Crippen LogP contribution in [-0.2, 0) is 17.9 Å². The van der Waals surface area contributed by atoms with E-state index >= 15 is 0 Å². The van der Waals surface area contributed by atoms with Crippen LogP contribution in [0.15, 0.2) is 42.6 Å². The molecule has 0 radical (unpaired) electrons. The van der Waals surface area contributed by atoms with Gasteiger partial charge in [-0.25, -0.2) is 0 Å². The van der Waals surface area contributed by atoms with Crippen LogP contribution in [0, 0.1) is 0 Å². The van der Waals surface area contributed by atoms with Gasteiger partial charge in [-0.3, -0.25) is 9.78 Å². The third-order valence-electron chi connectivity index (χ3n) is 3.78. The van der Waals surface area contributed by atoms with Crippen molar-refractivity contribution in [3.8, 4) is 11.5 Å². The number of para-hydroxylation sites is 2. The summed E-state index contributed by atoms with van der Waals surface area (Å²) >= 11 is 0. The first-order valence-electron chi connectivity index (χ1n) is 6.91. The summed E-state index contributed by atoms with van der Waals surface area (Å²) in [5.74, 6) is 1.26. The Kier molecular flexibility index (Phi) is 2.77. The van der Waals surface area contributed by atoms with E-state index in [1.54, 1.807) is 11.1 Å². The highest BCUT2D eigenvalue weighted by molar-refractivity contribution is 5.82. The largest absolute Gasteiger partial charge is 0.485 e. The average molecular weight is 282 g/mol. The van der Waals surface area contributed by atoms with Crippen molar-refractivity contribution in [2.45, 2.75) is 19.2 Å². The van der Waals surface area contributed by atoms with Crippen LogP contribution in [0.5, 0.6) is 11.5 Å². The number of carbonyl (C=O) groups excluding carboxylic acids is 1. The lowest BCUT2D eigenvalue weighted by molar-refractivity contribution is -0.141. The topological polar surface area (TPSA) is 51.7 Å². The van der Waals surface area contributed by atoms with E-state index in [9.17, 15) is 4.79 Å². The van der Waals surface area contributed by atoms with Crippen molar-refractivity contribution in [1.29, 1.82) is 0 Å². The quantitative estimate of drug-likeness (QED) is 0.800. The Balaban J connectivity index is 1.50. The molecule has 3 heterocycles. The third kappa shape index (κ3) is 2.11. The molecule has 1 aromatic heterocycles. The van der Waals surface area contributed by atoms with Gasteiger partial charge in [-0.2, -0.15) is 0 Å². The molecule has 0 bridgehead atoms. The van der Waals surface area contributed by atoms with Gasteiger partial charge in [0.05, 0.1) is 12.2 Å². The summed E-state index contributed by atoms with van der Waals surface area (Å²) < 4.78 is 11.4. The molecule has 106 valence electrons. The standard InChI is InChI=1S/C16H14N2O3/c19-16(18-8-11-4-3-7-17-12(11)9-18)15-10-20-13-5-1-2-6-14(13)21-15/h1-7,15H,8-10H2. The number of carbonyl (C=O) groups is 1. The van der Waals surface area contributed by atoms with Crippen molar-refractivity contribution in [1.82, 2.24) is 9.88 Å². The van der Waals surface area contributed by atoms with Crippen LogP contribution in [0.1, 0.15) is 11.3 Å². The minimum atomic E-state index is -0.589. The van der Waals surface area contributed by atoms with Gasteiger partial charge in [-0.05, 0) is 23.8 Å². The smallest absolute Gasteiger partial charge is 0.267 e. The Morgan fingerprint density at radius 3 is 2.86 bits per heavy atom. The highest BCUT2D eigenvalue weighted by atomic mass is 16.6. The van der Waals surface area contributed by atoms with Crippen molar-refractivity contribution < 1.29 is 14.3 Å². The molecule has 1 atom stereocenters. The zero-order valence-electron chi connectivity index (χ0n) is 11.4. The van der Waals surface area contributed by atoms with Crippen molar-refractivity contribution in [2.75, 3.05) is 6.61 Å². The lowest BCUT2D eigenvalue weighted by Gasteiger charge is -2.28. The molecule has 21 heavy (non-hydrogen) atoms. The summed E-state index contributed by atoms with van der Waals surface area (Å²) in [6.45, 7) is 1.37. The second kappa shape index (κ2) is 4.77. The molecule has 1 aromatic carbocycles. The maximum Gasteiger partial charge on any atom is 0.267 e. The summed E-state index contributed by atoms with van der Waals surface area (Å²) in [5, 5.41) is 0. The van der Waals surface area contributed by atoms with E-state index in [1.165, 1.54) is 0 Å². The number of benzene rings is 1. The maximum atomic E-state index is 12.6. The van der Waals surface area contributed by atoms with Crippen LogP contribution in [-0.4, -0.2) is 28.5 Å². The van der Waals surface area contributed by atoms with Gasteiger partial charge in [-0.15, -0.1) is 0 Å². The SMILES string of the molecule is O=C(C1COc2ccccc2O1)N1Cc2cccnc2C1. The van der Waals surface area contributed by atoms with Crippen LogP contribution < -0.4 is 9.47 Å². The van der Waals surface area contributed by atoms with Crippen molar-refractivity contribution >= 4 is 5.91 Å². The molecule has 2 aromatic rings. The molecule has 0 spiro atoms. The van der Waals surface area contributed by atoms with Gasteiger partial charge in [0.15, 0.2) is 11.5 Å². The zero-order valence-corrected chi connectivity index (χ0v) is 11.4. The van der Waals surface area contributed by atoms with Gasteiger partial charge in [0, 0.05) is 12.7 Å². The van der Waals surface area contributed by atoms with Crippen molar-refractivity contribution in [2.24, 2.45) is 0 Å². The number of pyridine rings is 1. The molecule has 2 aliphatic rings. The van der Waals surface area contributed by atoms with Gasteiger partial charge in [0.1, 0.15) is 6.61 Å². The van der Waals surface area contributed by atoms with Gasteiger partial charge >= 0.3 is 0 Å². The predicted molar refractivity (Wildman–Crippen MR) is 74.8 cm³/mol. The number of rotatable bonds is 1. The molecule has 0 fully saturated rings. The summed E-state index contributed by atoms with van der Waals surface area (Å²) in [4.78, 5) is 18.6. The Labute approximate surface area is 122 Å². The van der Waals surface area contributed by atoms with Crippen molar-refractivity contribution in [3.63, 3.8) is 0 Å². The molecular formula is C16H14N2O3. The zero-order chi connectivity index (χ0) is 14.2. The molecule has 0 saturated heterocycles. The average Bonchev–Trinajstić information content (AvgIpc) is 2.97. The number of ether oxygens (including phenoxy) is 2. The van der Waals surface area contributed by atoms with E-state index in [1.807, 2.05) is 36.4 Å². The first kappa shape index (κ1) is 12.2. The van der Waals surface area contributed by atoms with E-state index in [4.69, 9.17) is 9.47 Å². The summed E-state index contributed by atoms with van der Waals surface area (Å²) in [7, 11) is 0. The second-order valence-electron chi connectivity index (χ2n) is 5.17. The molecule has 2 aliphatic heterocycles. The monoisotopic (exact) mass is 282 g/mol. The fraction of sp³-hybridized carbons (Fsp3) is 0.250. The van der Waals surface area contributed by atoms with Gasteiger partial charge in [0.25, 0.3) is 5.91 Å². The molecule has 1 amide bonds. The van der Waals surface area contributed by atoms with Gasteiger partial charge in [-0.1, -0.05) is 18.2 Å². The third-order valence-corrected chi connectivity index (χ3v) is 3.78. The second-order valence-corrected chi connectivity index (χ2v) is 5.17. The van der Waals surface area contributed by atoms with E-state index in [0.29, 0.717) is 24.6 Å². The van der Waals surface area contributed by atoms with Crippen LogP contribution in [0.4, 0.5) is 0 Å². The minimum absolute atomic E-state index is 0.0532. The molecule has 1 unspecified atom stereocenters. The summed E-state index contributed by atoms with van der Waals surface area (Å²) in [5.41, 5.74) is 2.06. The summed E-state index contributed by atoms with van der Waals surface area (Å²) in [6, 6.07) is 11.3. The number of hydrogen-bond acceptors (Lipinski definition) is 4. The number of aromatic nitrogens is 1. The predicted octanol–water partition coefficient (Wildman–Crippen LogP) is 1.76. The lowest BCUT2D eigenvalue weighted by Crippen LogP contribution is -2.44. The molecule has 0 N–H and O–H groups in total. The number of hydrogen-bond donors (Lipinski definition) is 0. The molecule has 4 rings (SSSR count). The number of fused-ring (bicyclic) bond motifs is 2. The fourth-order valence-corrected chi connectivity index (χ4v) is 2.70. The van der Waals surface area contributed by atoms with E-state index in [-0.39, 0.29) is 12.5 Å². The Morgan fingerprint density at radius 1 is 1.14 bits per heavy atom. The van der Waals surface area contributed by atoms with Crippen LogP contribution in [0.25, 0.3) is 0 Å². The molecule has 0 saturated carbocycles. The molecular weight excluding hydrogens is 268 g/mol.